The molecule has 5 atom stereocenters. The molecule has 0 aromatic heterocycles. The Hall–Kier alpha value is -2.29. The SMILES string of the molecule is COc1ccc(C(=O)O[C@H]2CC[C@H]3[C@@H]4CCc5cc(C)ccc5[C@H]4CC[C@]23C)cc1. The Morgan fingerprint density at radius 2 is 1.83 bits per heavy atom. The summed E-state index contributed by atoms with van der Waals surface area (Å²) in [5.74, 6) is 2.62. The predicted molar refractivity (Wildman–Crippen MR) is 118 cm³/mol. The third-order valence-corrected chi connectivity index (χ3v) is 8.37. The highest BCUT2D eigenvalue weighted by Crippen LogP contribution is 2.61. The maximum Gasteiger partial charge on any atom is 0.338 e. The van der Waals surface area contributed by atoms with Crippen LogP contribution in [0.4, 0.5) is 0 Å². The fourth-order valence-electron chi connectivity index (χ4n) is 6.78. The monoisotopic (exact) mass is 404 g/mol. The van der Waals surface area contributed by atoms with Crippen molar-refractivity contribution in [3.05, 3.63) is 64.7 Å². The number of ether oxygens (including phenoxy) is 2. The number of rotatable bonds is 3. The van der Waals surface area contributed by atoms with Gasteiger partial charge in [-0.1, -0.05) is 30.7 Å². The molecule has 5 rings (SSSR count). The van der Waals surface area contributed by atoms with Crippen LogP contribution >= 0.6 is 0 Å². The second-order valence-corrected chi connectivity index (χ2v) is 9.86. The van der Waals surface area contributed by atoms with Gasteiger partial charge in [0, 0.05) is 5.41 Å². The van der Waals surface area contributed by atoms with Crippen molar-refractivity contribution in [3.8, 4) is 5.75 Å². The van der Waals surface area contributed by atoms with Crippen LogP contribution in [0, 0.1) is 24.2 Å². The van der Waals surface area contributed by atoms with E-state index >= 15 is 0 Å². The Morgan fingerprint density at radius 1 is 1.03 bits per heavy atom. The summed E-state index contributed by atoms with van der Waals surface area (Å²) in [6, 6.07) is 14.3. The molecule has 0 saturated heterocycles. The minimum atomic E-state index is -0.198. The van der Waals surface area contributed by atoms with Crippen LogP contribution in [0.15, 0.2) is 42.5 Å². The van der Waals surface area contributed by atoms with Crippen molar-refractivity contribution in [2.75, 3.05) is 7.11 Å². The Balaban J connectivity index is 1.34. The number of carbonyl (C=O) groups excluding carboxylic acids is 1. The number of fused-ring (bicyclic) bond motifs is 5. The third kappa shape index (κ3) is 3.14. The molecule has 0 spiro atoms. The molecule has 0 aliphatic heterocycles. The molecule has 0 heterocycles. The number of hydrogen-bond acceptors (Lipinski definition) is 3. The van der Waals surface area contributed by atoms with Crippen molar-refractivity contribution < 1.29 is 14.3 Å². The Bertz CT molecular complexity index is 947. The fraction of sp³-hybridized carbons (Fsp3) is 0.519. The van der Waals surface area contributed by atoms with Gasteiger partial charge in [-0.25, -0.2) is 4.79 Å². The van der Waals surface area contributed by atoms with Crippen LogP contribution in [-0.2, 0) is 11.2 Å². The second-order valence-electron chi connectivity index (χ2n) is 9.86. The Morgan fingerprint density at radius 3 is 2.60 bits per heavy atom. The highest BCUT2D eigenvalue weighted by molar-refractivity contribution is 5.89. The molecule has 3 heteroatoms. The number of esters is 1. The summed E-state index contributed by atoms with van der Waals surface area (Å²) in [7, 11) is 1.63. The van der Waals surface area contributed by atoms with Gasteiger partial charge >= 0.3 is 5.97 Å². The Labute approximate surface area is 179 Å². The van der Waals surface area contributed by atoms with Crippen LogP contribution in [-0.4, -0.2) is 19.2 Å². The third-order valence-electron chi connectivity index (χ3n) is 8.37. The van der Waals surface area contributed by atoms with Gasteiger partial charge in [-0.2, -0.15) is 0 Å². The van der Waals surface area contributed by atoms with Crippen molar-refractivity contribution in [3.63, 3.8) is 0 Å². The van der Waals surface area contributed by atoms with E-state index in [1.807, 2.05) is 12.1 Å². The highest BCUT2D eigenvalue weighted by atomic mass is 16.5. The highest BCUT2D eigenvalue weighted by Gasteiger charge is 2.56. The molecule has 3 aliphatic rings. The molecule has 2 saturated carbocycles. The lowest BCUT2D eigenvalue weighted by Crippen LogP contribution is -2.45. The molecule has 0 radical (unpaired) electrons. The van der Waals surface area contributed by atoms with E-state index in [1.54, 1.807) is 30.4 Å². The number of benzene rings is 2. The molecular formula is C27H32O3. The number of hydrogen-bond donors (Lipinski definition) is 0. The van der Waals surface area contributed by atoms with Gasteiger partial charge in [0.15, 0.2) is 0 Å². The van der Waals surface area contributed by atoms with Crippen LogP contribution in [0.5, 0.6) is 5.75 Å². The van der Waals surface area contributed by atoms with E-state index < -0.39 is 0 Å². The summed E-state index contributed by atoms with van der Waals surface area (Å²) in [5.41, 5.74) is 5.25. The lowest BCUT2D eigenvalue weighted by Gasteiger charge is -2.50. The van der Waals surface area contributed by atoms with Crippen LogP contribution in [0.2, 0.25) is 0 Å². The van der Waals surface area contributed by atoms with Crippen molar-refractivity contribution in [1.29, 1.82) is 0 Å². The minimum Gasteiger partial charge on any atom is -0.497 e. The maximum absolute atomic E-state index is 12.8. The first-order valence-electron chi connectivity index (χ1n) is 11.4. The van der Waals surface area contributed by atoms with E-state index in [9.17, 15) is 4.79 Å². The van der Waals surface area contributed by atoms with Crippen molar-refractivity contribution in [2.45, 2.75) is 64.4 Å². The normalized spacial score (nSPS) is 32.0. The molecule has 2 aromatic rings. The smallest absolute Gasteiger partial charge is 0.338 e. The fourth-order valence-corrected chi connectivity index (χ4v) is 6.78. The number of aryl methyl sites for hydroxylation is 2. The zero-order chi connectivity index (χ0) is 20.9. The lowest BCUT2D eigenvalue weighted by molar-refractivity contribution is -0.0427. The summed E-state index contributed by atoms with van der Waals surface area (Å²) in [4.78, 5) is 12.8. The van der Waals surface area contributed by atoms with Crippen LogP contribution in [0.1, 0.15) is 72.0 Å². The van der Waals surface area contributed by atoms with E-state index in [0.717, 1.165) is 24.5 Å². The summed E-state index contributed by atoms with van der Waals surface area (Å²) < 4.78 is 11.3. The summed E-state index contributed by atoms with van der Waals surface area (Å²) >= 11 is 0. The minimum absolute atomic E-state index is 0.0254. The zero-order valence-corrected chi connectivity index (χ0v) is 18.3. The average Bonchev–Trinajstić information content (AvgIpc) is 3.09. The van der Waals surface area contributed by atoms with Gasteiger partial charge in [-0.15, -0.1) is 0 Å². The second kappa shape index (κ2) is 7.44. The van der Waals surface area contributed by atoms with E-state index in [1.165, 1.54) is 31.2 Å². The van der Waals surface area contributed by atoms with Gasteiger partial charge in [-0.3, -0.25) is 0 Å². The first kappa shape index (κ1) is 19.7. The molecule has 2 fully saturated rings. The van der Waals surface area contributed by atoms with Gasteiger partial charge in [0.25, 0.3) is 0 Å². The molecule has 2 aromatic carbocycles. The molecule has 0 amide bonds. The van der Waals surface area contributed by atoms with Crippen molar-refractivity contribution in [1.82, 2.24) is 0 Å². The molecule has 30 heavy (non-hydrogen) atoms. The Kier molecular flexibility index (Phi) is 4.88. The summed E-state index contributed by atoms with van der Waals surface area (Å²) in [6.07, 6.45) is 7.03. The van der Waals surface area contributed by atoms with Gasteiger partial charge in [0.1, 0.15) is 11.9 Å². The quantitative estimate of drug-likeness (QED) is 0.581. The van der Waals surface area contributed by atoms with Gasteiger partial charge in [0.2, 0.25) is 0 Å². The molecule has 0 bridgehead atoms. The van der Waals surface area contributed by atoms with Crippen molar-refractivity contribution in [2.24, 2.45) is 17.3 Å². The van der Waals surface area contributed by atoms with E-state index in [0.29, 0.717) is 17.4 Å². The van der Waals surface area contributed by atoms with Crippen LogP contribution in [0.3, 0.4) is 0 Å². The molecule has 0 N–H and O–H groups in total. The number of methoxy groups -OCH3 is 1. The summed E-state index contributed by atoms with van der Waals surface area (Å²) in [5, 5.41) is 0. The standard InChI is InChI=1S/C27H32O3/c1-17-4-10-21-19(16-17)7-11-23-22(21)14-15-27(2)24(23)12-13-25(27)30-26(28)18-5-8-20(29-3)9-6-18/h4-6,8-10,16,22-25H,7,11-15H2,1-3H3/t22-,23-,24+,25+,27+/m1/s1. The molecular weight excluding hydrogens is 372 g/mol. The van der Waals surface area contributed by atoms with E-state index in [4.69, 9.17) is 9.47 Å². The largest absolute Gasteiger partial charge is 0.497 e. The van der Waals surface area contributed by atoms with Crippen LogP contribution in [0.25, 0.3) is 0 Å². The van der Waals surface area contributed by atoms with Crippen LogP contribution < -0.4 is 4.74 Å². The maximum atomic E-state index is 12.8. The first-order valence-corrected chi connectivity index (χ1v) is 11.4. The van der Waals surface area contributed by atoms with E-state index in [-0.39, 0.29) is 17.5 Å². The van der Waals surface area contributed by atoms with E-state index in [2.05, 4.69) is 32.0 Å². The van der Waals surface area contributed by atoms with Gasteiger partial charge < -0.3 is 9.47 Å². The van der Waals surface area contributed by atoms with Gasteiger partial charge in [0.05, 0.1) is 12.7 Å². The zero-order valence-electron chi connectivity index (χ0n) is 18.3. The molecule has 3 nitrogen and oxygen atoms in total. The molecule has 3 aliphatic carbocycles. The lowest BCUT2D eigenvalue weighted by atomic mass is 9.55. The first-order chi connectivity index (χ1) is 14.5. The average molecular weight is 405 g/mol. The molecule has 158 valence electrons. The molecule has 0 unspecified atom stereocenters. The number of carbonyl (C=O) groups is 1. The van der Waals surface area contributed by atoms with Gasteiger partial charge in [-0.05, 0) is 98.6 Å². The predicted octanol–water partition coefficient (Wildman–Crippen LogP) is 6.09. The summed E-state index contributed by atoms with van der Waals surface area (Å²) in [6.45, 7) is 4.58. The topological polar surface area (TPSA) is 35.5 Å². The van der Waals surface area contributed by atoms with Crippen molar-refractivity contribution >= 4 is 5.97 Å².